The molecular formula is C12H24N2. The standard InChI is InChI=1S/C12H24N2/c1-10(2)6-5-9-13-14-11(3)7-8-12(14)4/h9-12H,5-8H2,1-4H3/b13-9+/t11-,12?/m1/s1. The topological polar surface area (TPSA) is 15.6 Å². The third-order valence-corrected chi connectivity index (χ3v) is 2.99. The molecule has 0 saturated carbocycles. The van der Waals surface area contributed by atoms with E-state index >= 15 is 0 Å². The summed E-state index contributed by atoms with van der Waals surface area (Å²) in [7, 11) is 0. The highest BCUT2D eigenvalue weighted by Crippen LogP contribution is 2.23. The van der Waals surface area contributed by atoms with Crippen LogP contribution < -0.4 is 0 Å². The van der Waals surface area contributed by atoms with Crippen LogP contribution in [0.25, 0.3) is 0 Å². The molecule has 1 aliphatic heterocycles. The van der Waals surface area contributed by atoms with Gasteiger partial charge in [0.25, 0.3) is 0 Å². The third kappa shape index (κ3) is 3.32. The van der Waals surface area contributed by atoms with Gasteiger partial charge >= 0.3 is 0 Å². The first-order valence-electron chi connectivity index (χ1n) is 5.92. The molecule has 1 aliphatic rings. The van der Waals surface area contributed by atoms with Crippen molar-refractivity contribution in [2.75, 3.05) is 0 Å². The molecule has 14 heavy (non-hydrogen) atoms. The van der Waals surface area contributed by atoms with Gasteiger partial charge in [0.15, 0.2) is 0 Å². The van der Waals surface area contributed by atoms with Gasteiger partial charge < -0.3 is 0 Å². The van der Waals surface area contributed by atoms with Crippen molar-refractivity contribution in [1.82, 2.24) is 5.01 Å². The van der Waals surface area contributed by atoms with Crippen LogP contribution in [0.1, 0.15) is 53.4 Å². The third-order valence-electron chi connectivity index (χ3n) is 2.99. The Hall–Kier alpha value is -0.530. The van der Waals surface area contributed by atoms with Gasteiger partial charge in [-0.1, -0.05) is 13.8 Å². The van der Waals surface area contributed by atoms with E-state index in [4.69, 9.17) is 0 Å². The maximum atomic E-state index is 4.57. The Morgan fingerprint density at radius 2 is 1.86 bits per heavy atom. The minimum absolute atomic E-state index is 0.639. The summed E-state index contributed by atoms with van der Waals surface area (Å²) in [6.07, 6.45) is 7.05. The highest BCUT2D eigenvalue weighted by atomic mass is 15.5. The van der Waals surface area contributed by atoms with Crippen molar-refractivity contribution in [3.8, 4) is 0 Å². The average Bonchev–Trinajstić information content (AvgIpc) is 2.42. The predicted molar refractivity (Wildman–Crippen MR) is 62.6 cm³/mol. The lowest BCUT2D eigenvalue weighted by atomic mass is 10.1. The number of rotatable bonds is 4. The zero-order valence-corrected chi connectivity index (χ0v) is 10.0. The number of hydrazone groups is 1. The number of hydrogen-bond acceptors (Lipinski definition) is 2. The van der Waals surface area contributed by atoms with E-state index in [0.29, 0.717) is 12.1 Å². The van der Waals surface area contributed by atoms with E-state index in [0.717, 1.165) is 12.3 Å². The first kappa shape index (κ1) is 11.5. The first-order valence-corrected chi connectivity index (χ1v) is 5.92. The Morgan fingerprint density at radius 1 is 1.29 bits per heavy atom. The van der Waals surface area contributed by atoms with Crippen molar-refractivity contribution in [2.45, 2.75) is 65.5 Å². The largest absolute Gasteiger partial charge is 0.292 e. The van der Waals surface area contributed by atoms with Crippen LogP contribution in [-0.2, 0) is 0 Å². The molecule has 0 spiro atoms. The molecule has 1 saturated heterocycles. The summed E-state index contributed by atoms with van der Waals surface area (Å²) in [4.78, 5) is 0. The summed E-state index contributed by atoms with van der Waals surface area (Å²) >= 11 is 0. The van der Waals surface area contributed by atoms with Gasteiger partial charge in [-0.05, 0) is 45.4 Å². The molecule has 2 atom stereocenters. The molecule has 1 heterocycles. The molecule has 0 aromatic heterocycles. The Kier molecular flexibility index (Phi) is 4.43. The molecule has 0 aliphatic carbocycles. The van der Waals surface area contributed by atoms with E-state index in [1.165, 1.54) is 19.3 Å². The molecule has 0 aromatic rings. The normalized spacial score (nSPS) is 28.2. The second-order valence-corrected chi connectivity index (χ2v) is 4.92. The molecule has 0 bridgehead atoms. The van der Waals surface area contributed by atoms with Crippen LogP contribution in [0.15, 0.2) is 5.10 Å². The van der Waals surface area contributed by atoms with E-state index in [2.05, 4.69) is 44.0 Å². The molecule has 1 fully saturated rings. The molecule has 2 heteroatoms. The smallest absolute Gasteiger partial charge is 0.0446 e. The SMILES string of the molecule is CC(C)CC/C=N/N1C(C)CC[C@H]1C. The van der Waals surface area contributed by atoms with Gasteiger partial charge in [-0.2, -0.15) is 5.10 Å². The molecular weight excluding hydrogens is 172 g/mol. The maximum absolute atomic E-state index is 4.57. The lowest BCUT2D eigenvalue weighted by Crippen LogP contribution is -2.27. The van der Waals surface area contributed by atoms with E-state index < -0.39 is 0 Å². The minimum Gasteiger partial charge on any atom is -0.292 e. The van der Waals surface area contributed by atoms with Gasteiger partial charge in [-0.15, -0.1) is 0 Å². The summed E-state index contributed by atoms with van der Waals surface area (Å²) in [5.74, 6) is 0.787. The molecule has 0 aromatic carbocycles. The summed E-state index contributed by atoms with van der Waals surface area (Å²) in [5.41, 5.74) is 0. The van der Waals surface area contributed by atoms with E-state index in [1.54, 1.807) is 0 Å². The minimum atomic E-state index is 0.639. The van der Waals surface area contributed by atoms with Crippen LogP contribution in [0.3, 0.4) is 0 Å². The van der Waals surface area contributed by atoms with Crippen LogP contribution in [-0.4, -0.2) is 23.3 Å². The Bertz CT molecular complexity index is 177. The lowest BCUT2D eigenvalue weighted by Gasteiger charge is -2.22. The Morgan fingerprint density at radius 3 is 2.36 bits per heavy atom. The zero-order chi connectivity index (χ0) is 10.6. The molecule has 82 valence electrons. The fourth-order valence-electron chi connectivity index (χ4n) is 1.97. The molecule has 1 rings (SSSR count). The Labute approximate surface area is 88.4 Å². The van der Waals surface area contributed by atoms with Gasteiger partial charge in [0.2, 0.25) is 0 Å². The van der Waals surface area contributed by atoms with E-state index in [-0.39, 0.29) is 0 Å². The van der Waals surface area contributed by atoms with Crippen molar-refractivity contribution in [1.29, 1.82) is 0 Å². The van der Waals surface area contributed by atoms with Crippen molar-refractivity contribution in [2.24, 2.45) is 11.0 Å². The zero-order valence-electron chi connectivity index (χ0n) is 10.0. The fourth-order valence-corrected chi connectivity index (χ4v) is 1.97. The van der Waals surface area contributed by atoms with Crippen molar-refractivity contribution >= 4 is 6.21 Å². The molecule has 1 unspecified atom stereocenters. The van der Waals surface area contributed by atoms with Crippen LogP contribution in [0, 0.1) is 5.92 Å². The lowest BCUT2D eigenvalue weighted by molar-refractivity contribution is 0.226. The fraction of sp³-hybridized carbons (Fsp3) is 0.917. The van der Waals surface area contributed by atoms with Crippen molar-refractivity contribution in [3.63, 3.8) is 0 Å². The highest BCUT2D eigenvalue weighted by Gasteiger charge is 2.25. The van der Waals surface area contributed by atoms with Gasteiger partial charge in [0, 0.05) is 18.3 Å². The van der Waals surface area contributed by atoms with Gasteiger partial charge in [0.1, 0.15) is 0 Å². The van der Waals surface area contributed by atoms with E-state index in [9.17, 15) is 0 Å². The summed E-state index contributed by atoms with van der Waals surface area (Å²) in [5, 5.41) is 6.83. The number of hydrogen-bond donors (Lipinski definition) is 0. The molecule has 0 amide bonds. The quantitative estimate of drug-likeness (QED) is 0.630. The van der Waals surface area contributed by atoms with Crippen LogP contribution >= 0.6 is 0 Å². The average molecular weight is 196 g/mol. The second kappa shape index (κ2) is 5.38. The molecule has 0 radical (unpaired) electrons. The predicted octanol–water partition coefficient (Wildman–Crippen LogP) is 3.28. The first-order chi connectivity index (χ1) is 6.61. The highest BCUT2D eigenvalue weighted by molar-refractivity contribution is 5.56. The second-order valence-electron chi connectivity index (χ2n) is 4.92. The molecule has 0 N–H and O–H groups in total. The summed E-state index contributed by atoms with van der Waals surface area (Å²) in [6, 6.07) is 1.28. The van der Waals surface area contributed by atoms with Gasteiger partial charge in [-0.3, -0.25) is 5.01 Å². The monoisotopic (exact) mass is 196 g/mol. The van der Waals surface area contributed by atoms with Gasteiger partial charge in [0.05, 0.1) is 0 Å². The van der Waals surface area contributed by atoms with Gasteiger partial charge in [-0.25, -0.2) is 0 Å². The summed E-state index contributed by atoms with van der Waals surface area (Å²) < 4.78 is 0. The van der Waals surface area contributed by atoms with Crippen LogP contribution in [0.4, 0.5) is 0 Å². The molecule has 2 nitrogen and oxygen atoms in total. The maximum Gasteiger partial charge on any atom is 0.0446 e. The summed E-state index contributed by atoms with van der Waals surface area (Å²) in [6.45, 7) is 9.05. The van der Waals surface area contributed by atoms with Crippen LogP contribution in [0.2, 0.25) is 0 Å². The number of nitrogens with zero attached hydrogens (tertiary/aromatic N) is 2. The van der Waals surface area contributed by atoms with E-state index in [1.807, 2.05) is 0 Å². The van der Waals surface area contributed by atoms with Crippen molar-refractivity contribution in [3.05, 3.63) is 0 Å². The van der Waals surface area contributed by atoms with Crippen LogP contribution in [0.5, 0.6) is 0 Å². The Balaban J connectivity index is 2.28. The van der Waals surface area contributed by atoms with Crippen molar-refractivity contribution < 1.29 is 0 Å².